The Hall–Kier alpha value is -1.17. The van der Waals surface area contributed by atoms with Crippen LogP contribution >= 0.6 is 0 Å². The zero-order chi connectivity index (χ0) is 11.4. The fraction of sp³-hybridized carbons (Fsp3) is 0.727. The van der Waals surface area contributed by atoms with Crippen molar-refractivity contribution in [3.05, 3.63) is 11.5 Å². The number of rotatable bonds is 3. The number of nitrogens with one attached hydrogen (secondary N) is 1. The number of nitrogens with zero attached hydrogens (tertiary/aromatic N) is 1. The molecule has 0 aliphatic heterocycles. The second-order valence-corrected chi connectivity index (χ2v) is 4.58. The first-order chi connectivity index (χ1) is 6.31. The molecule has 3 heteroatoms. The van der Waals surface area contributed by atoms with Gasteiger partial charge in [-0.05, 0) is 20.8 Å². The van der Waals surface area contributed by atoms with E-state index < -0.39 is 0 Å². The van der Waals surface area contributed by atoms with Crippen molar-refractivity contribution in [3.63, 3.8) is 0 Å². The maximum Gasteiger partial charge on any atom is 0.152 e. The molecule has 14 heavy (non-hydrogen) atoms. The van der Waals surface area contributed by atoms with Crippen molar-refractivity contribution in [2.45, 2.75) is 40.2 Å². The lowest BCUT2D eigenvalue weighted by molar-refractivity contribution is 0.244. The number of methoxy groups -OCH3 is 1. The second-order valence-electron chi connectivity index (χ2n) is 4.58. The highest BCUT2D eigenvalue weighted by atomic mass is 16.5. The van der Waals surface area contributed by atoms with Gasteiger partial charge in [-0.1, -0.05) is 13.8 Å². The summed E-state index contributed by atoms with van der Waals surface area (Å²) < 4.78 is 5.21. The van der Waals surface area contributed by atoms with Crippen LogP contribution in [-0.4, -0.2) is 12.6 Å². The Morgan fingerprint density at radius 2 is 1.86 bits per heavy atom. The Bertz CT molecular complexity index is 253. The Morgan fingerprint density at radius 3 is 2.07 bits per heavy atom. The molecular weight excluding hydrogens is 176 g/mol. The molecule has 0 saturated heterocycles. The van der Waals surface area contributed by atoms with E-state index in [1.807, 2.05) is 34.6 Å². The largest absolute Gasteiger partial charge is 0.498 e. The summed E-state index contributed by atoms with van der Waals surface area (Å²) in [6.45, 7) is 10.0. The number of allylic oxidation sites excluding steroid dienone is 2. The van der Waals surface area contributed by atoms with E-state index in [0.29, 0.717) is 11.5 Å². The third-order valence-corrected chi connectivity index (χ3v) is 1.60. The van der Waals surface area contributed by atoms with Gasteiger partial charge in [0, 0.05) is 11.5 Å². The van der Waals surface area contributed by atoms with Crippen LogP contribution < -0.4 is 5.32 Å². The van der Waals surface area contributed by atoms with Crippen LogP contribution in [0.15, 0.2) is 11.5 Å². The van der Waals surface area contributed by atoms with Crippen LogP contribution in [-0.2, 0) is 4.74 Å². The van der Waals surface area contributed by atoms with E-state index in [2.05, 4.69) is 11.4 Å². The highest BCUT2D eigenvalue weighted by Gasteiger charge is 2.17. The zero-order valence-corrected chi connectivity index (χ0v) is 9.93. The van der Waals surface area contributed by atoms with Gasteiger partial charge >= 0.3 is 0 Å². The molecule has 0 aromatic heterocycles. The monoisotopic (exact) mass is 196 g/mol. The molecule has 80 valence electrons. The molecule has 0 rings (SSSR count). The first-order valence-corrected chi connectivity index (χ1v) is 4.78. The molecule has 0 atom stereocenters. The molecule has 0 fully saturated rings. The van der Waals surface area contributed by atoms with E-state index in [-0.39, 0.29) is 11.5 Å². The Kier molecular flexibility index (Phi) is 4.49. The Labute approximate surface area is 86.8 Å². The Balaban J connectivity index is 4.94. The Morgan fingerprint density at radius 1 is 1.36 bits per heavy atom. The topological polar surface area (TPSA) is 45.0 Å². The molecule has 0 saturated carbocycles. The summed E-state index contributed by atoms with van der Waals surface area (Å²) in [5.74, 6) is 0.923. The molecule has 0 aromatic carbocycles. The summed E-state index contributed by atoms with van der Waals surface area (Å²) in [6, 6.07) is 2.13. The molecule has 1 N–H and O–H groups in total. The third-order valence-electron chi connectivity index (χ3n) is 1.60. The van der Waals surface area contributed by atoms with Gasteiger partial charge in [-0.15, -0.1) is 0 Å². The number of ether oxygens (including phenoxy) is 1. The van der Waals surface area contributed by atoms with Crippen LogP contribution in [0.1, 0.15) is 34.6 Å². The van der Waals surface area contributed by atoms with E-state index in [1.54, 1.807) is 7.11 Å². The minimum atomic E-state index is -0.121. The molecule has 0 spiro atoms. The molecule has 3 nitrogen and oxygen atoms in total. The number of hydrogen-bond acceptors (Lipinski definition) is 3. The highest BCUT2D eigenvalue weighted by molar-refractivity contribution is 5.25. The average Bonchev–Trinajstić information content (AvgIpc) is 2.00. The van der Waals surface area contributed by atoms with Gasteiger partial charge in [0.15, 0.2) is 5.70 Å². The van der Waals surface area contributed by atoms with Crippen LogP contribution in [0, 0.1) is 17.2 Å². The van der Waals surface area contributed by atoms with Gasteiger partial charge in [-0.2, -0.15) is 5.26 Å². The zero-order valence-electron chi connectivity index (χ0n) is 9.93. The maximum atomic E-state index is 8.99. The van der Waals surface area contributed by atoms with Gasteiger partial charge in [0.1, 0.15) is 11.8 Å². The third kappa shape index (κ3) is 4.18. The van der Waals surface area contributed by atoms with Gasteiger partial charge in [-0.25, -0.2) is 0 Å². The van der Waals surface area contributed by atoms with Gasteiger partial charge in [0.05, 0.1) is 7.11 Å². The molecule has 0 bridgehead atoms. The minimum absolute atomic E-state index is 0.121. The van der Waals surface area contributed by atoms with Crippen LogP contribution in [0.3, 0.4) is 0 Å². The van der Waals surface area contributed by atoms with Crippen LogP contribution in [0.25, 0.3) is 0 Å². The lowest BCUT2D eigenvalue weighted by Crippen LogP contribution is -2.35. The fourth-order valence-corrected chi connectivity index (χ4v) is 1.15. The molecule has 0 heterocycles. The highest BCUT2D eigenvalue weighted by Crippen LogP contribution is 2.15. The summed E-state index contributed by atoms with van der Waals surface area (Å²) in [7, 11) is 1.59. The second kappa shape index (κ2) is 4.90. The molecule has 0 aromatic rings. The van der Waals surface area contributed by atoms with E-state index in [9.17, 15) is 0 Å². The van der Waals surface area contributed by atoms with Crippen molar-refractivity contribution in [1.29, 1.82) is 5.26 Å². The predicted molar refractivity (Wildman–Crippen MR) is 57.4 cm³/mol. The predicted octanol–water partition coefficient (Wildman–Crippen LogP) is 2.41. The summed E-state index contributed by atoms with van der Waals surface area (Å²) in [4.78, 5) is 0. The summed E-state index contributed by atoms with van der Waals surface area (Å²) in [5.41, 5.74) is 0.402. The summed E-state index contributed by atoms with van der Waals surface area (Å²) >= 11 is 0. The van der Waals surface area contributed by atoms with Crippen molar-refractivity contribution in [2.24, 2.45) is 5.92 Å². The lowest BCUT2D eigenvalue weighted by atomic mass is 10.1. The fourth-order valence-electron chi connectivity index (χ4n) is 1.15. The van der Waals surface area contributed by atoms with Crippen molar-refractivity contribution in [2.75, 3.05) is 7.11 Å². The van der Waals surface area contributed by atoms with Gasteiger partial charge < -0.3 is 10.1 Å². The average molecular weight is 196 g/mol. The number of hydrogen-bond donors (Lipinski definition) is 1. The SMILES string of the molecule is COC(=C(C#N)NC(C)(C)C)C(C)C. The van der Waals surface area contributed by atoms with Crippen LogP contribution in [0.4, 0.5) is 0 Å². The quantitative estimate of drug-likeness (QED) is 0.557. The normalized spacial score (nSPS) is 13.3. The van der Waals surface area contributed by atoms with E-state index in [0.717, 1.165) is 0 Å². The molecule has 0 aliphatic rings. The first-order valence-electron chi connectivity index (χ1n) is 4.78. The first kappa shape index (κ1) is 12.8. The van der Waals surface area contributed by atoms with Gasteiger partial charge in [0.25, 0.3) is 0 Å². The van der Waals surface area contributed by atoms with Crippen molar-refractivity contribution >= 4 is 0 Å². The summed E-state index contributed by atoms with van der Waals surface area (Å²) in [5, 5.41) is 12.1. The molecule has 0 aliphatic carbocycles. The molecule has 0 unspecified atom stereocenters. The van der Waals surface area contributed by atoms with E-state index in [1.165, 1.54) is 0 Å². The molecular formula is C11H20N2O. The minimum Gasteiger partial charge on any atom is -0.498 e. The van der Waals surface area contributed by atoms with Gasteiger partial charge in [0.2, 0.25) is 0 Å². The molecule has 0 amide bonds. The lowest BCUT2D eigenvalue weighted by Gasteiger charge is -2.23. The standard InChI is InChI=1S/C11H20N2O/c1-8(2)10(14-6)9(7-12)13-11(3,4)5/h8,13H,1-6H3. The van der Waals surface area contributed by atoms with E-state index in [4.69, 9.17) is 10.00 Å². The van der Waals surface area contributed by atoms with Crippen LogP contribution in [0.2, 0.25) is 0 Å². The van der Waals surface area contributed by atoms with Crippen LogP contribution in [0.5, 0.6) is 0 Å². The van der Waals surface area contributed by atoms with E-state index >= 15 is 0 Å². The van der Waals surface area contributed by atoms with Crippen molar-refractivity contribution in [1.82, 2.24) is 5.32 Å². The summed E-state index contributed by atoms with van der Waals surface area (Å²) in [6.07, 6.45) is 0. The van der Waals surface area contributed by atoms with Crippen molar-refractivity contribution < 1.29 is 4.74 Å². The number of nitriles is 1. The van der Waals surface area contributed by atoms with Gasteiger partial charge in [-0.3, -0.25) is 0 Å². The smallest absolute Gasteiger partial charge is 0.152 e. The maximum absolute atomic E-state index is 8.99. The van der Waals surface area contributed by atoms with Crippen molar-refractivity contribution in [3.8, 4) is 6.07 Å². The molecule has 0 radical (unpaired) electrons.